The van der Waals surface area contributed by atoms with E-state index in [4.69, 9.17) is 16.3 Å². The van der Waals surface area contributed by atoms with Gasteiger partial charge in [-0.3, -0.25) is 14.2 Å². The van der Waals surface area contributed by atoms with Crippen LogP contribution in [0.2, 0.25) is 5.02 Å². The zero-order valence-electron chi connectivity index (χ0n) is 12.9. The third-order valence-corrected chi connectivity index (χ3v) is 3.71. The largest absolute Gasteiger partial charge is 0.495 e. The molecule has 0 atom stereocenters. The Labute approximate surface area is 133 Å². The van der Waals surface area contributed by atoms with E-state index in [1.165, 1.54) is 16.2 Å². The van der Waals surface area contributed by atoms with E-state index >= 15 is 0 Å². The molecule has 1 heterocycles. The zero-order valence-corrected chi connectivity index (χ0v) is 13.6. The summed E-state index contributed by atoms with van der Waals surface area (Å²) < 4.78 is 7.82. The van der Waals surface area contributed by atoms with Gasteiger partial charge in [-0.2, -0.15) is 0 Å². The number of methoxy groups -OCH3 is 1. The lowest BCUT2D eigenvalue weighted by Gasteiger charge is -2.11. The number of halogens is 1. The second-order valence-corrected chi connectivity index (χ2v) is 5.88. The van der Waals surface area contributed by atoms with E-state index in [0.29, 0.717) is 28.9 Å². The smallest absolute Gasteiger partial charge is 0.320 e. The monoisotopic (exact) mass is 322 g/mol. The van der Waals surface area contributed by atoms with Crippen molar-refractivity contribution in [2.75, 3.05) is 7.11 Å². The predicted molar refractivity (Wildman–Crippen MR) is 87.3 cm³/mol. The van der Waals surface area contributed by atoms with Crippen molar-refractivity contribution in [1.29, 1.82) is 0 Å². The van der Waals surface area contributed by atoms with Crippen LogP contribution in [-0.4, -0.2) is 16.2 Å². The van der Waals surface area contributed by atoms with Crippen LogP contribution in [0, 0.1) is 5.92 Å². The molecule has 1 aromatic carbocycles. The molecular weight excluding hydrogens is 304 g/mol. The maximum Gasteiger partial charge on any atom is 0.320 e. The number of nitrogens with zero attached hydrogens (tertiary/aromatic N) is 2. The molecule has 0 N–H and O–H groups in total. The van der Waals surface area contributed by atoms with Gasteiger partial charge in [-0.15, -0.1) is 0 Å². The Hall–Kier alpha value is -2.01. The van der Waals surface area contributed by atoms with Crippen molar-refractivity contribution in [3.05, 3.63) is 56.3 Å². The van der Waals surface area contributed by atoms with Gasteiger partial charge < -0.3 is 9.30 Å². The van der Waals surface area contributed by atoms with Gasteiger partial charge in [0.2, 0.25) is 0 Å². The number of aryl methyl sites for hydroxylation is 1. The highest BCUT2D eigenvalue weighted by atomic mass is 35.5. The maximum atomic E-state index is 12.3. The van der Waals surface area contributed by atoms with E-state index in [9.17, 15) is 9.59 Å². The summed E-state index contributed by atoms with van der Waals surface area (Å²) in [6.07, 6.45) is 4.06. The minimum atomic E-state index is -0.590. The van der Waals surface area contributed by atoms with E-state index in [2.05, 4.69) is 13.8 Å². The first-order chi connectivity index (χ1) is 10.4. The summed E-state index contributed by atoms with van der Waals surface area (Å²) >= 11 is 6.06. The standard InChI is InChI=1S/C16H19ClN2O3/c1-11(2)6-7-18-8-9-19(16(21)15(18)20)12-4-5-14(22-3)13(17)10-12/h4-5,8-11H,6-7H2,1-3H3. The van der Waals surface area contributed by atoms with Crippen molar-refractivity contribution < 1.29 is 4.74 Å². The average molecular weight is 323 g/mol. The van der Waals surface area contributed by atoms with Crippen LogP contribution in [0.4, 0.5) is 0 Å². The van der Waals surface area contributed by atoms with Crippen LogP contribution < -0.4 is 15.9 Å². The molecule has 0 amide bonds. The van der Waals surface area contributed by atoms with Crippen LogP contribution in [-0.2, 0) is 6.54 Å². The molecular formula is C16H19ClN2O3. The fraction of sp³-hybridized carbons (Fsp3) is 0.375. The molecule has 0 unspecified atom stereocenters. The topological polar surface area (TPSA) is 53.2 Å². The molecule has 0 aliphatic rings. The Morgan fingerprint density at radius 2 is 1.91 bits per heavy atom. The van der Waals surface area contributed by atoms with Crippen LogP contribution in [0.15, 0.2) is 40.2 Å². The van der Waals surface area contributed by atoms with Crippen molar-refractivity contribution in [3.63, 3.8) is 0 Å². The second kappa shape index (κ2) is 6.83. The predicted octanol–water partition coefficient (Wildman–Crippen LogP) is 2.71. The molecule has 1 aromatic heterocycles. The summed E-state index contributed by atoms with van der Waals surface area (Å²) in [5.41, 5.74) is -0.591. The molecule has 6 heteroatoms. The number of hydrogen-bond acceptors (Lipinski definition) is 3. The summed E-state index contributed by atoms with van der Waals surface area (Å²) in [4.78, 5) is 24.4. The summed E-state index contributed by atoms with van der Waals surface area (Å²) in [6.45, 7) is 4.69. The Balaban J connectivity index is 2.41. The molecule has 0 radical (unpaired) electrons. The molecule has 0 aliphatic heterocycles. The molecule has 0 fully saturated rings. The van der Waals surface area contributed by atoms with Crippen LogP contribution in [0.3, 0.4) is 0 Å². The third-order valence-electron chi connectivity index (χ3n) is 3.42. The summed E-state index contributed by atoms with van der Waals surface area (Å²) in [6, 6.07) is 4.94. The normalized spacial score (nSPS) is 11.0. The minimum Gasteiger partial charge on any atom is -0.495 e. The van der Waals surface area contributed by atoms with E-state index < -0.39 is 11.1 Å². The van der Waals surface area contributed by atoms with E-state index in [1.807, 2.05) is 0 Å². The third kappa shape index (κ3) is 3.42. The van der Waals surface area contributed by atoms with Gasteiger partial charge in [0.15, 0.2) is 0 Å². The molecule has 22 heavy (non-hydrogen) atoms. The summed E-state index contributed by atoms with van der Waals surface area (Å²) in [5, 5.41) is 0.385. The fourth-order valence-electron chi connectivity index (χ4n) is 2.09. The Bertz CT molecular complexity index is 778. The number of ether oxygens (including phenoxy) is 1. The van der Waals surface area contributed by atoms with Crippen molar-refractivity contribution in [2.24, 2.45) is 5.92 Å². The van der Waals surface area contributed by atoms with Gasteiger partial charge in [-0.25, -0.2) is 0 Å². The zero-order chi connectivity index (χ0) is 16.3. The first-order valence-corrected chi connectivity index (χ1v) is 7.48. The average Bonchev–Trinajstić information content (AvgIpc) is 2.48. The SMILES string of the molecule is COc1ccc(-n2ccn(CCC(C)C)c(=O)c2=O)cc1Cl. The highest BCUT2D eigenvalue weighted by molar-refractivity contribution is 6.32. The van der Waals surface area contributed by atoms with Crippen LogP contribution >= 0.6 is 11.6 Å². The van der Waals surface area contributed by atoms with Gasteiger partial charge in [0.05, 0.1) is 17.8 Å². The van der Waals surface area contributed by atoms with Gasteiger partial charge in [-0.05, 0) is 30.5 Å². The van der Waals surface area contributed by atoms with Gasteiger partial charge in [0.25, 0.3) is 0 Å². The summed E-state index contributed by atoms with van der Waals surface area (Å²) in [7, 11) is 1.52. The van der Waals surface area contributed by atoms with Gasteiger partial charge in [0.1, 0.15) is 5.75 Å². The maximum absolute atomic E-state index is 12.3. The Morgan fingerprint density at radius 1 is 1.18 bits per heavy atom. The molecule has 0 spiro atoms. The highest BCUT2D eigenvalue weighted by Gasteiger charge is 2.09. The van der Waals surface area contributed by atoms with E-state index in [1.54, 1.807) is 30.6 Å². The molecule has 0 aliphatic carbocycles. The molecule has 0 saturated carbocycles. The molecule has 0 saturated heterocycles. The second-order valence-electron chi connectivity index (χ2n) is 5.47. The number of rotatable bonds is 5. The first kappa shape index (κ1) is 16.4. The number of hydrogen-bond donors (Lipinski definition) is 0. The molecule has 0 bridgehead atoms. The number of benzene rings is 1. The first-order valence-electron chi connectivity index (χ1n) is 7.10. The van der Waals surface area contributed by atoms with Crippen molar-refractivity contribution in [3.8, 4) is 11.4 Å². The van der Waals surface area contributed by atoms with Crippen molar-refractivity contribution >= 4 is 11.6 Å². The van der Waals surface area contributed by atoms with Crippen molar-refractivity contribution in [1.82, 2.24) is 9.13 Å². The fourth-order valence-corrected chi connectivity index (χ4v) is 2.34. The van der Waals surface area contributed by atoms with Crippen molar-refractivity contribution in [2.45, 2.75) is 26.8 Å². The van der Waals surface area contributed by atoms with Gasteiger partial charge in [-0.1, -0.05) is 25.4 Å². The molecule has 5 nitrogen and oxygen atoms in total. The molecule has 2 aromatic rings. The lowest BCUT2D eigenvalue weighted by molar-refractivity contribution is 0.415. The van der Waals surface area contributed by atoms with Crippen LogP contribution in [0.5, 0.6) is 5.75 Å². The summed E-state index contributed by atoms with van der Waals surface area (Å²) in [5.74, 6) is 0.985. The van der Waals surface area contributed by atoms with E-state index in [-0.39, 0.29) is 0 Å². The minimum absolute atomic E-state index is 0.385. The van der Waals surface area contributed by atoms with Gasteiger partial charge in [0, 0.05) is 18.9 Å². The van der Waals surface area contributed by atoms with Gasteiger partial charge >= 0.3 is 11.1 Å². The lowest BCUT2D eigenvalue weighted by atomic mass is 10.1. The lowest BCUT2D eigenvalue weighted by Crippen LogP contribution is -2.40. The molecule has 2 rings (SSSR count). The highest BCUT2D eigenvalue weighted by Crippen LogP contribution is 2.25. The Kier molecular flexibility index (Phi) is 5.08. The van der Waals surface area contributed by atoms with Crippen LogP contribution in [0.25, 0.3) is 5.69 Å². The number of aromatic nitrogens is 2. The molecule has 118 valence electrons. The van der Waals surface area contributed by atoms with Crippen LogP contribution in [0.1, 0.15) is 20.3 Å². The Morgan fingerprint density at radius 3 is 2.50 bits per heavy atom. The quantitative estimate of drug-likeness (QED) is 0.795. The van der Waals surface area contributed by atoms with E-state index in [0.717, 1.165) is 6.42 Å².